The van der Waals surface area contributed by atoms with Gasteiger partial charge in [0.15, 0.2) is 0 Å². The molecule has 0 aliphatic rings. The number of carbonyl (C=O) groups excluding carboxylic acids is 1. The first-order valence-electron chi connectivity index (χ1n) is 5.40. The number of hydrogen-bond donors (Lipinski definition) is 0. The second-order valence-corrected chi connectivity index (χ2v) is 5.04. The van der Waals surface area contributed by atoms with Gasteiger partial charge in [-0.05, 0) is 19.1 Å². The average molecular weight is 216 g/mol. The molecule has 84 valence electrons. The number of hydrogen-bond acceptors (Lipinski definition) is 2. The van der Waals surface area contributed by atoms with E-state index < -0.39 is 5.41 Å². The molecule has 0 amide bonds. The zero-order valence-electron chi connectivity index (χ0n) is 10.1. The molecular weight excluding hydrogens is 200 g/mol. The SMILES string of the molecule is Cc1nc2ccccc2n1C(=O)C(C)(C)C. The van der Waals surface area contributed by atoms with Crippen LogP contribution >= 0.6 is 0 Å². The molecular formula is C13H16N2O. The van der Waals surface area contributed by atoms with Gasteiger partial charge in [0, 0.05) is 5.41 Å². The summed E-state index contributed by atoms with van der Waals surface area (Å²) in [4.78, 5) is 16.7. The fourth-order valence-corrected chi connectivity index (χ4v) is 1.74. The summed E-state index contributed by atoms with van der Waals surface area (Å²) in [5.41, 5.74) is 1.37. The van der Waals surface area contributed by atoms with E-state index in [2.05, 4.69) is 4.98 Å². The highest BCUT2D eigenvalue weighted by Crippen LogP contribution is 2.22. The van der Waals surface area contributed by atoms with Crippen molar-refractivity contribution in [3.63, 3.8) is 0 Å². The number of benzene rings is 1. The molecule has 0 atom stereocenters. The Morgan fingerprint density at radius 2 is 1.88 bits per heavy atom. The number of fused-ring (bicyclic) bond motifs is 1. The summed E-state index contributed by atoms with van der Waals surface area (Å²) in [5, 5.41) is 0. The van der Waals surface area contributed by atoms with E-state index in [1.165, 1.54) is 0 Å². The fraction of sp³-hybridized carbons (Fsp3) is 0.385. The van der Waals surface area contributed by atoms with Crippen LogP contribution in [0.2, 0.25) is 0 Å². The summed E-state index contributed by atoms with van der Waals surface area (Å²) in [6, 6.07) is 7.71. The number of para-hydroxylation sites is 2. The van der Waals surface area contributed by atoms with Crippen LogP contribution in [0.4, 0.5) is 0 Å². The summed E-state index contributed by atoms with van der Waals surface area (Å²) in [5.74, 6) is 0.833. The lowest BCUT2D eigenvalue weighted by Crippen LogP contribution is -2.27. The highest BCUT2D eigenvalue weighted by Gasteiger charge is 2.25. The zero-order chi connectivity index (χ0) is 11.9. The number of rotatable bonds is 0. The van der Waals surface area contributed by atoms with Gasteiger partial charge in [-0.2, -0.15) is 0 Å². The highest BCUT2D eigenvalue weighted by atomic mass is 16.2. The van der Waals surface area contributed by atoms with E-state index in [0.29, 0.717) is 0 Å². The van der Waals surface area contributed by atoms with Crippen molar-refractivity contribution in [1.82, 2.24) is 9.55 Å². The molecule has 0 radical (unpaired) electrons. The van der Waals surface area contributed by atoms with Crippen LogP contribution in [0.25, 0.3) is 11.0 Å². The van der Waals surface area contributed by atoms with Crippen molar-refractivity contribution in [2.75, 3.05) is 0 Å². The molecule has 2 aromatic rings. The highest BCUT2D eigenvalue weighted by molar-refractivity contribution is 5.93. The molecule has 1 aromatic heterocycles. The lowest BCUT2D eigenvalue weighted by atomic mass is 9.95. The third kappa shape index (κ3) is 1.62. The van der Waals surface area contributed by atoms with Gasteiger partial charge in [0.25, 0.3) is 0 Å². The van der Waals surface area contributed by atoms with Gasteiger partial charge in [0.2, 0.25) is 5.91 Å². The molecule has 0 bridgehead atoms. The van der Waals surface area contributed by atoms with E-state index in [1.54, 1.807) is 4.57 Å². The minimum absolute atomic E-state index is 0.0821. The lowest BCUT2D eigenvalue weighted by molar-refractivity contribution is 0.0769. The number of imidazole rings is 1. The number of aromatic nitrogens is 2. The van der Waals surface area contributed by atoms with E-state index in [-0.39, 0.29) is 5.91 Å². The van der Waals surface area contributed by atoms with Gasteiger partial charge in [-0.1, -0.05) is 32.9 Å². The maximum absolute atomic E-state index is 12.3. The van der Waals surface area contributed by atoms with Gasteiger partial charge in [-0.3, -0.25) is 9.36 Å². The van der Waals surface area contributed by atoms with Crippen LogP contribution in [0, 0.1) is 12.3 Å². The van der Waals surface area contributed by atoms with E-state index in [4.69, 9.17) is 0 Å². The summed E-state index contributed by atoms with van der Waals surface area (Å²) >= 11 is 0. The normalized spacial score (nSPS) is 12.0. The van der Waals surface area contributed by atoms with Crippen LogP contribution in [-0.4, -0.2) is 15.5 Å². The monoisotopic (exact) mass is 216 g/mol. The second kappa shape index (κ2) is 3.44. The molecule has 0 aliphatic heterocycles. The largest absolute Gasteiger partial charge is 0.273 e. The predicted molar refractivity (Wildman–Crippen MR) is 64.6 cm³/mol. The number of carbonyl (C=O) groups is 1. The van der Waals surface area contributed by atoms with Crippen LogP contribution in [0.5, 0.6) is 0 Å². The third-order valence-corrected chi connectivity index (χ3v) is 2.57. The van der Waals surface area contributed by atoms with Crippen molar-refractivity contribution < 1.29 is 4.79 Å². The molecule has 1 heterocycles. The third-order valence-electron chi connectivity index (χ3n) is 2.57. The van der Waals surface area contributed by atoms with Gasteiger partial charge >= 0.3 is 0 Å². The summed E-state index contributed by atoms with van der Waals surface area (Å²) in [6.45, 7) is 7.63. The van der Waals surface area contributed by atoms with Gasteiger partial charge in [0.1, 0.15) is 5.82 Å². The van der Waals surface area contributed by atoms with Gasteiger partial charge in [-0.25, -0.2) is 4.98 Å². The van der Waals surface area contributed by atoms with Crippen LogP contribution in [0.3, 0.4) is 0 Å². The lowest BCUT2D eigenvalue weighted by Gasteiger charge is -2.18. The summed E-state index contributed by atoms with van der Waals surface area (Å²) < 4.78 is 1.70. The molecule has 16 heavy (non-hydrogen) atoms. The predicted octanol–water partition coefficient (Wildman–Crippen LogP) is 3.03. The van der Waals surface area contributed by atoms with Crippen LogP contribution < -0.4 is 0 Å². The molecule has 2 rings (SSSR count). The molecule has 0 fully saturated rings. The molecule has 0 unspecified atom stereocenters. The van der Waals surface area contributed by atoms with Crippen LogP contribution in [-0.2, 0) is 0 Å². The zero-order valence-corrected chi connectivity index (χ0v) is 10.1. The first kappa shape index (κ1) is 10.9. The molecule has 1 aromatic carbocycles. The van der Waals surface area contributed by atoms with E-state index >= 15 is 0 Å². The van der Waals surface area contributed by atoms with Crippen LogP contribution in [0.1, 0.15) is 31.4 Å². The average Bonchev–Trinajstić information content (AvgIpc) is 2.51. The molecule has 0 N–H and O–H groups in total. The van der Waals surface area contributed by atoms with Crippen molar-refractivity contribution in [1.29, 1.82) is 0 Å². The summed E-state index contributed by atoms with van der Waals surface area (Å²) in [7, 11) is 0. The van der Waals surface area contributed by atoms with Gasteiger partial charge in [-0.15, -0.1) is 0 Å². The minimum atomic E-state index is -0.395. The smallest absolute Gasteiger partial charge is 0.237 e. The fourth-order valence-electron chi connectivity index (χ4n) is 1.74. The Bertz CT molecular complexity index is 547. The maximum Gasteiger partial charge on any atom is 0.237 e. The maximum atomic E-state index is 12.3. The van der Waals surface area contributed by atoms with Crippen molar-refractivity contribution >= 4 is 16.9 Å². The Kier molecular flexibility index (Phi) is 2.34. The van der Waals surface area contributed by atoms with Crippen molar-refractivity contribution in [3.05, 3.63) is 30.1 Å². The molecule has 3 nitrogen and oxygen atoms in total. The molecule has 0 aliphatic carbocycles. The van der Waals surface area contributed by atoms with Crippen molar-refractivity contribution in [2.24, 2.45) is 5.41 Å². The minimum Gasteiger partial charge on any atom is -0.273 e. The Morgan fingerprint density at radius 1 is 1.25 bits per heavy atom. The number of nitrogens with zero attached hydrogens (tertiary/aromatic N) is 2. The standard InChI is InChI=1S/C13H16N2O/c1-9-14-10-7-5-6-8-11(10)15(9)12(16)13(2,3)4/h5-8H,1-4H3. The Labute approximate surface area is 95.1 Å². The Hall–Kier alpha value is -1.64. The Morgan fingerprint density at radius 3 is 2.50 bits per heavy atom. The molecule has 0 saturated heterocycles. The Balaban J connectivity index is 2.69. The van der Waals surface area contributed by atoms with Crippen LogP contribution in [0.15, 0.2) is 24.3 Å². The quantitative estimate of drug-likeness (QED) is 0.678. The van der Waals surface area contributed by atoms with Crippen molar-refractivity contribution in [3.8, 4) is 0 Å². The second-order valence-electron chi connectivity index (χ2n) is 5.04. The van der Waals surface area contributed by atoms with E-state index in [0.717, 1.165) is 16.9 Å². The molecule has 0 spiro atoms. The first-order chi connectivity index (χ1) is 7.41. The van der Waals surface area contributed by atoms with Crippen molar-refractivity contribution in [2.45, 2.75) is 27.7 Å². The first-order valence-corrected chi connectivity index (χ1v) is 5.40. The number of aryl methyl sites for hydroxylation is 1. The topological polar surface area (TPSA) is 34.9 Å². The molecule has 3 heteroatoms. The summed E-state index contributed by atoms with van der Waals surface area (Å²) in [6.07, 6.45) is 0. The van der Waals surface area contributed by atoms with E-state index in [9.17, 15) is 4.79 Å². The molecule has 0 saturated carbocycles. The van der Waals surface area contributed by atoms with Gasteiger partial charge in [0.05, 0.1) is 11.0 Å². The van der Waals surface area contributed by atoms with E-state index in [1.807, 2.05) is 52.0 Å². The van der Waals surface area contributed by atoms with Gasteiger partial charge < -0.3 is 0 Å².